The minimum absolute atomic E-state index is 0.405. The van der Waals surface area contributed by atoms with Crippen LogP contribution in [0, 0.1) is 6.92 Å². The van der Waals surface area contributed by atoms with E-state index < -0.39 is 5.91 Å². The number of carbonyl (C=O) groups excluding carboxylic acids is 1. The van der Waals surface area contributed by atoms with Gasteiger partial charge in [0.05, 0.1) is 5.52 Å². The fourth-order valence-corrected chi connectivity index (χ4v) is 2.54. The predicted octanol–water partition coefficient (Wildman–Crippen LogP) is 3.04. The lowest BCUT2D eigenvalue weighted by Crippen LogP contribution is -2.17. The van der Waals surface area contributed by atoms with E-state index in [0.29, 0.717) is 5.69 Å². The van der Waals surface area contributed by atoms with Crippen molar-refractivity contribution < 1.29 is 4.79 Å². The third-order valence-corrected chi connectivity index (χ3v) is 3.38. The Hall–Kier alpha value is -2.55. The van der Waals surface area contributed by atoms with E-state index in [1.54, 1.807) is 0 Å². The van der Waals surface area contributed by atoms with E-state index in [-0.39, 0.29) is 0 Å². The quantitative estimate of drug-likeness (QED) is 0.746. The molecule has 2 N–H and O–H groups in total. The number of carbonyl (C=O) groups is 1. The minimum atomic E-state index is -0.405. The van der Waals surface area contributed by atoms with E-state index >= 15 is 0 Å². The number of hydrogen-bond acceptors (Lipinski definition) is 1. The van der Waals surface area contributed by atoms with Gasteiger partial charge in [-0.05, 0) is 30.7 Å². The molecule has 3 aromatic rings. The SMILES string of the molecule is Cc1c(C(N)=O)n(-c2ccccc2)c2ccccc12. The van der Waals surface area contributed by atoms with Crippen molar-refractivity contribution >= 4 is 16.8 Å². The summed E-state index contributed by atoms with van der Waals surface area (Å²) in [5.74, 6) is -0.405. The standard InChI is InChI=1S/C16H14N2O/c1-11-13-9-5-6-10-14(13)18(15(11)16(17)19)12-7-3-2-4-8-12/h2-10H,1H3,(H2,17,19). The molecule has 0 bridgehead atoms. The topological polar surface area (TPSA) is 48.0 Å². The Bertz CT molecular complexity index is 757. The third kappa shape index (κ3) is 1.71. The third-order valence-electron chi connectivity index (χ3n) is 3.38. The Labute approximate surface area is 111 Å². The molecule has 1 aromatic heterocycles. The molecule has 0 atom stereocenters. The number of para-hydroxylation sites is 2. The van der Waals surface area contributed by atoms with E-state index in [4.69, 9.17) is 5.73 Å². The van der Waals surface area contributed by atoms with Gasteiger partial charge in [0.1, 0.15) is 5.69 Å². The van der Waals surface area contributed by atoms with Gasteiger partial charge in [-0.25, -0.2) is 0 Å². The van der Waals surface area contributed by atoms with Gasteiger partial charge in [0.2, 0.25) is 0 Å². The van der Waals surface area contributed by atoms with E-state index in [1.807, 2.05) is 66.1 Å². The molecule has 0 unspecified atom stereocenters. The highest BCUT2D eigenvalue weighted by Gasteiger charge is 2.18. The summed E-state index contributed by atoms with van der Waals surface area (Å²) in [4.78, 5) is 11.8. The van der Waals surface area contributed by atoms with Gasteiger partial charge in [0.25, 0.3) is 5.91 Å². The smallest absolute Gasteiger partial charge is 0.266 e. The van der Waals surface area contributed by atoms with Crippen LogP contribution < -0.4 is 5.73 Å². The number of aryl methyl sites for hydroxylation is 1. The highest BCUT2D eigenvalue weighted by Crippen LogP contribution is 2.28. The van der Waals surface area contributed by atoms with Gasteiger partial charge >= 0.3 is 0 Å². The molecular weight excluding hydrogens is 236 g/mol. The van der Waals surface area contributed by atoms with Crippen LogP contribution >= 0.6 is 0 Å². The highest BCUT2D eigenvalue weighted by atomic mass is 16.1. The van der Waals surface area contributed by atoms with Crippen LogP contribution in [0.25, 0.3) is 16.6 Å². The van der Waals surface area contributed by atoms with E-state index in [2.05, 4.69) is 0 Å². The van der Waals surface area contributed by atoms with Crippen LogP contribution in [0.5, 0.6) is 0 Å². The van der Waals surface area contributed by atoms with Gasteiger partial charge in [0.15, 0.2) is 0 Å². The van der Waals surface area contributed by atoms with Crippen LogP contribution in [-0.2, 0) is 0 Å². The number of primary amides is 1. The maximum Gasteiger partial charge on any atom is 0.266 e. The molecule has 3 nitrogen and oxygen atoms in total. The minimum Gasteiger partial charge on any atom is -0.364 e. The van der Waals surface area contributed by atoms with Crippen LogP contribution in [0.2, 0.25) is 0 Å². The number of fused-ring (bicyclic) bond motifs is 1. The summed E-state index contributed by atoms with van der Waals surface area (Å²) in [6.07, 6.45) is 0. The molecule has 94 valence electrons. The van der Waals surface area contributed by atoms with Gasteiger partial charge in [-0.1, -0.05) is 36.4 Å². The first-order valence-electron chi connectivity index (χ1n) is 6.15. The first-order chi connectivity index (χ1) is 9.20. The Balaban J connectivity index is 2.46. The molecule has 3 rings (SSSR count). The van der Waals surface area contributed by atoms with Gasteiger partial charge in [-0.15, -0.1) is 0 Å². The maximum atomic E-state index is 11.8. The van der Waals surface area contributed by atoms with Gasteiger partial charge in [0, 0.05) is 11.1 Å². The molecule has 1 heterocycles. The molecule has 0 fully saturated rings. The molecule has 0 aliphatic carbocycles. The Kier molecular flexibility index (Phi) is 2.60. The average Bonchev–Trinajstić information content (AvgIpc) is 2.74. The first-order valence-corrected chi connectivity index (χ1v) is 6.15. The lowest BCUT2D eigenvalue weighted by molar-refractivity contribution is 0.0993. The van der Waals surface area contributed by atoms with Crippen molar-refractivity contribution in [2.24, 2.45) is 5.73 Å². The van der Waals surface area contributed by atoms with Crippen LogP contribution in [-0.4, -0.2) is 10.5 Å². The molecule has 0 radical (unpaired) electrons. The van der Waals surface area contributed by atoms with Crippen LogP contribution in [0.3, 0.4) is 0 Å². The summed E-state index contributed by atoms with van der Waals surface area (Å²) in [6, 6.07) is 17.7. The zero-order valence-corrected chi connectivity index (χ0v) is 10.6. The molecule has 0 spiro atoms. The fourth-order valence-electron chi connectivity index (χ4n) is 2.54. The number of benzene rings is 2. The highest BCUT2D eigenvalue weighted by molar-refractivity contribution is 6.02. The first kappa shape index (κ1) is 11.5. The summed E-state index contributed by atoms with van der Waals surface area (Å²) >= 11 is 0. The molecule has 2 aromatic carbocycles. The summed E-state index contributed by atoms with van der Waals surface area (Å²) in [7, 11) is 0. The van der Waals surface area contributed by atoms with Gasteiger partial charge in [-0.2, -0.15) is 0 Å². The van der Waals surface area contributed by atoms with Crippen molar-refractivity contribution in [3.63, 3.8) is 0 Å². The Morgan fingerprint density at radius 3 is 2.32 bits per heavy atom. The van der Waals surface area contributed by atoms with Crippen LogP contribution in [0.15, 0.2) is 54.6 Å². The molecule has 0 aliphatic rings. The van der Waals surface area contributed by atoms with E-state index in [0.717, 1.165) is 22.2 Å². The molecule has 0 saturated carbocycles. The second kappa shape index (κ2) is 4.28. The van der Waals surface area contributed by atoms with Gasteiger partial charge in [-0.3, -0.25) is 4.79 Å². The summed E-state index contributed by atoms with van der Waals surface area (Å²) in [5.41, 5.74) is 8.97. The second-order valence-corrected chi connectivity index (χ2v) is 4.53. The number of amides is 1. The Morgan fingerprint density at radius 2 is 1.63 bits per heavy atom. The molecule has 3 heteroatoms. The average molecular weight is 250 g/mol. The molecule has 0 saturated heterocycles. The maximum absolute atomic E-state index is 11.8. The summed E-state index contributed by atoms with van der Waals surface area (Å²) in [5, 5.41) is 1.06. The van der Waals surface area contributed by atoms with Gasteiger partial charge < -0.3 is 10.3 Å². The zero-order chi connectivity index (χ0) is 13.4. The summed E-state index contributed by atoms with van der Waals surface area (Å²) < 4.78 is 1.92. The molecule has 0 aliphatic heterocycles. The van der Waals surface area contributed by atoms with E-state index in [1.165, 1.54) is 0 Å². The monoisotopic (exact) mass is 250 g/mol. The number of rotatable bonds is 2. The normalized spacial score (nSPS) is 10.8. The zero-order valence-electron chi connectivity index (χ0n) is 10.6. The molecular formula is C16H14N2O. The lowest BCUT2D eigenvalue weighted by Gasteiger charge is -2.08. The number of nitrogens with two attached hydrogens (primary N) is 1. The van der Waals surface area contributed by atoms with Crippen LogP contribution in [0.4, 0.5) is 0 Å². The van der Waals surface area contributed by atoms with Crippen LogP contribution in [0.1, 0.15) is 16.1 Å². The number of nitrogens with zero attached hydrogens (tertiary/aromatic N) is 1. The van der Waals surface area contributed by atoms with Crippen molar-refractivity contribution in [3.05, 3.63) is 65.9 Å². The molecule has 19 heavy (non-hydrogen) atoms. The van der Waals surface area contributed by atoms with Crippen molar-refractivity contribution in [1.29, 1.82) is 0 Å². The number of aromatic nitrogens is 1. The Morgan fingerprint density at radius 1 is 1.00 bits per heavy atom. The fraction of sp³-hybridized carbons (Fsp3) is 0.0625. The largest absolute Gasteiger partial charge is 0.364 e. The number of hydrogen-bond donors (Lipinski definition) is 1. The van der Waals surface area contributed by atoms with Crippen molar-refractivity contribution in [1.82, 2.24) is 4.57 Å². The van der Waals surface area contributed by atoms with Crippen molar-refractivity contribution in [3.8, 4) is 5.69 Å². The van der Waals surface area contributed by atoms with Crippen molar-refractivity contribution in [2.75, 3.05) is 0 Å². The predicted molar refractivity (Wildman–Crippen MR) is 76.5 cm³/mol. The van der Waals surface area contributed by atoms with E-state index in [9.17, 15) is 4.79 Å². The summed E-state index contributed by atoms with van der Waals surface area (Å²) in [6.45, 7) is 1.93. The molecule has 1 amide bonds. The van der Waals surface area contributed by atoms with Crippen molar-refractivity contribution in [2.45, 2.75) is 6.92 Å². The lowest BCUT2D eigenvalue weighted by atomic mass is 10.1. The second-order valence-electron chi connectivity index (χ2n) is 4.53.